The average molecular weight is 230 g/mol. The predicted octanol–water partition coefficient (Wildman–Crippen LogP) is 0.696. The topological polar surface area (TPSA) is 69.6 Å². The normalized spacial score (nSPS) is 12.9. The smallest absolute Gasteiger partial charge is 0.304 e. The van der Waals surface area contributed by atoms with Gasteiger partial charge in [-0.3, -0.25) is 14.5 Å². The lowest BCUT2D eigenvalue weighted by atomic mass is 10.2. The Labute approximate surface area is 96.8 Å². The van der Waals surface area contributed by atoms with Crippen LogP contribution in [0.4, 0.5) is 0 Å². The summed E-state index contributed by atoms with van der Waals surface area (Å²) in [7, 11) is 0. The first-order valence-electron chi connectivity index (χ1n) is 5.62. The molecule has 0 heterocycles. The van der Waals surface area contributed by atoms with Gasteiger partial charge in [0.1, 0.15) is 0 Å². The lowest BCUT2D eigenvalue weighted by molar-refractivity contribution is -0.139. The fraction of sp³-hybridized carbons (Fsp3) is 0.818. The number of amides is 1. The molecule has 0 fully saturated rings. The standard InChI is InChI=1S/C11H22N2O3/c1-5-13(9(4)6-11(15)16)7-10(14)12-8(2)3/h8-9H,5-7H2,1-4H3,(H,12,14)(H,15,16). The Balaban J connectivity index is 4.18. The maximum atomic E-state index is 11.5. The van der Waals surface area contributed by atoms with E-state index in [2.05, 4.69) is 5.32 Å². The zero-order chi connectivity index (χ0) is 12.7. The molecule has 0 radical (unpaired) electrons. The molecule has 16 heavy (non-hydrogen) atoms. The summed E-state index contributed by atoms with van der Waals surface area (Å²) in [5.74, 6) is -0.899. The van der Waals surface area contributed by atoms with E-state index in [0.717, 1.165) is 0 Å². The van der Waals surface area contributed by atoms with E-state index in [1.54, 1.807) is 0 Å². The van der Waals surface area contributed by atoms with Crippen LogP contribution in [0.15, 0.2) is 0 Å². The molecule has 0 spiro atoms. The molecule has 2 N–H and O–H groups in total. The third kappa shape index (κ3) is 6.40. The summed E-state index contributed by atoms with van der Waals surface area (Å²) < 4.78 is 0. The molecule has 0 saturated carbocycles. The molecular formula is C11H22N2O3. The number of carbonyl (C=O) groups excluding carboxylic acids is 1. The van der Waals surface area contributed by atoms with Crippen molar-refractivity contribution in [1.29, 1.82) is 0 Å². The van der Waals surface area contributed by atoms with Crippen LogP contribution in [-0.2, 0) is 9.59 Å². The van der Waals surface area contributed by atoms with E-state index in [4.69, 9.17) is 5.11 Å². The van der Waals surface area contributed by atoms with Crippen LogP contribution in [0.3, 0.4) is 0 Å². The molecule has 94 valence electrons. The van der Waals surface area contributed by atoms with Gasteiger partial charge < -0.3 is 10.4 Å². The van der Waals surface area contributed by atoms with E-state index in [1.807, 2.05) is 32.6 Å². The molecule has 0 rings (SSSR count). The molecule has 0 aliphatic rings. The highest BCUT2D eigenvalue weighted by Gasteiger charge is 2.18. The Morgan fingerprint density at radius 2 is 1.88 bits per heavy atom. The van der Waals surface area contributed by atoms with Gasteiger partial charge in [0.05, 0.1) is 13.0 Å². The lowest BCUT2D eigenvalue weighted by Gasteiger charge is -2.26. The number of nitrogens with zero attached hydrogens (tertiary/aromatic N) is 1. The highest BCUT2D eigenvalue weighted by Crippen LogP contribution is 2.03. The third-order valence-corrected chi connectivity index (χ3v) is 2.30. The number of carbonyl (C=O) groups is 2. The van der Waals surface area contributed by atoms with Crippen LogP contribution in [0.5, 0.6) is 0 Å². The van der Waals surface area contributed by atoms with Gasteiger partial charge in [0.15, 0.2) is 0 Å². The zero-order valence-corrected chi connectivity index (χ0v) is 10.5. The molecule has 0 aliphatic carbocycles. The minimum Gasteiger partial charge on any atom is -0.481 e. The summed E-state index contributed by atoms with van der Waals surface area (Å²) in [6.45, 7) is 8.45. The Kier molecular flexibility index (Phi) is 6.72. The second kappa shape index (κ2) is 7.22. The molecule has 0 bridgehead atoms. The van der Waals surface area contributed by atoms with Crippen LogP contribution in [0.1, 0.15) is 34.1 Å². The number of hydrogen-bond donors (Lipinski definition) is 2. The summed E-state index contributed by atoms with van der Waals surface area (Å²) in [4.78, 5) is 23.9. The SMILES string of the molecule is CCN(CC(=O)NC(C)C)C(C)CC(=O)O. The van der Waals surface area contributed by atoms with Crippen molar-refractivity contribution in [1.82, 2.24) is 10.2 Å². The first-order valence-corrected chi connectivity index (χ1v) is 5.62. The molecule has 0 aromatic rings. The Morgan fingerprint density at radius 3 is 2.25 bits per heavy atom. The van der Waals surface area contributed by atoms with Crippen LogP contribution in [-0.4, -0.2) is 47.1 Å². The number of nitrogens with one attached hydrogen (secondary N) is 1. The summed E-state index contributed by atoms with van der Waals surface area (Å²) >= 11 is 0. The number of aliphatic carboxylic acids is 1. The van der Waals surface area contributed by atoms with Crippen molar-refractivity contribution >= 4 is 11.9 Å². The second-order valence-electron chi connectivity index (χ2n) is 4.23. The van der Waals surface area contributed by atoms with Gasteiger partial charge in [0.2, 0.25) is 5.91 Å². The number of hydrogen-bond acceptors (Lipinski definition) is 3. The van der Waals surface area contributed by atoms with Crippen molar-refractivity contribution in [2.45, 2.75) is 46.2 Å². The van der Waals surface area contributed by atoms with Crippen molar-refractivity contribution in [2.75, 3.05) is 13.1 Å². The van der Waals surface area contributed by atoms with E-state index >= 15 is 0 Å². The van der Waals surface area contributed by atoms with E-state index in [9.17, 15) is 9.59 Å². The highest BCUT2D eigenvalue weighted by molar-refractivity contribution is 5.78. The maximum absolute atomic E-state index is 11.5. The fourth-order valence-electron chi connectivity index (χ4n) is 1.51. The van der Waals surface area contributed by atoms with E-state index in [0.29, 0.717) is 6.54 Å². The van der Waals surface area contributed by atoms with Gasteiger partial charge >= 0.3 is 5.97 Å². The predicted molar refractivity (Wildman–Crippen MR) is 62.2 cm³/mol. The first-order chi connectivity index (χ1) is 7.36. The molecule has 1 atom stereocenters. The highest BCUT2D eigenvalue weighted by atomic mass is 16.4. The van der Waals surface area contributed by atoms with Gasteiger partial charge in [0.25, 0.3) is 0 Å². The van der Waals surface area contributed by atoms with Crippen LogP contribution in [0.2, 0.25) is 0 Å². The van der Waals surface area contributed by atoms with Gasteiger partial charge in [-0.15, -0.1) is 0 Å². The molecular weight excluding hydrogens is 208 g/mol. The Bertz CT molecular complexity index is 241. The maximum Gasteiger partial charge on any atom is 0.304 e. The summed E-state index contributed by atoms with van der Waals surface area (Å²) in [6.07, 6.45) is 0.0583. The molecule has 5 nitrogen and oxygen atoms in total. The van der Waals surface area contributed by atoms with Crippen molar-refractivity contribution in [3.05, 3.63) is 0 Å². The van der Waals surface area contributed by atoms with Gasteiger partial charge in [-0.05, 0) is 27.3 Å². The van der Waals surface area contributed by atoms with Crippen molar-refractivity contribution < 1.29 is 14.7 Å². The van der Waals surface area contributed by atoms with Crippen LogP contribution >= 0.6 is 0 Å². The van der Waals surface area contributed by atoms with E-state index < -0.39 is 5.97 Å². The minimum absolute atomic E-state index is 0.0583. The second-order valence-corrected chi connectivity index (χ2v) is 4.23. The molecule has 0 aliphatic heterocycles. The number of carboxylic acid groups (broad SMARTS) is 1. The van der Waals surface area contributed by atoms with Gasteiger partial charge in [-0.25, -0.2) is 0 Å². The fourth-order valence-corrected chi connectivity index (χ4v) is 1.51. The monoisotopic (exact) mass is 230 g/mol. The van der Waals surface area contributed by atoms with Crippen LogP contribution < -0.4 is 5.32 Å². The van der Waals surface area contributed by atoms with Gasteiger partial charge in [0, 0.05) is 12.1 Å². The number of likely N-dealkylation sites (N-methyl/N-ethyl adjacent to an activating group) is 1. The summed E-state index contributed by atoms with van der Waals surface area (Å²) in [5, 5.41) is 11.5. The lowest BCUT2D eigenvalue weighted by Crippen LogP contribution is -2.44. The largest absolute Gasteiger partial charge is 0.481 e. The van der Waals surface area contributed by atoms with Gasteiger partial charge in [-0.1, -0.05) is 6.92 Å². The van der Waals surface area contributed by atoms with Gasteiger partial charge in [-0.2, -0.15) is 0 Å². The molecule has 0 aromatic heterocycles. The Hall–Kier alpha value is -1.10. The number of carboxylic acids is 1. The molecule has 5 heteroatoms. The quantitative estimate of drug-likeness (QED) is 0.675. The number of rotatable bonds is 7. The molecule has 1 unspecified atom stereocenters. The molecule has 0 aromatic carbocycles. The van der Waals surface area contributed by atoms with Crippen LogP contribution in [0, 0.1) is 0 Å². The van der Waals surface area contributed by atoms with Crippen molar-refractivity contribution in [3.8, 4) is 0 Å². The van der Waals surface area contributed by atoms with Crippen LogP contribution in [0.25, 0.3) is 0 Å². The Morgan fingerprint density at radius 1 is 1.31 bits per heavy atom. The summed E-state index contributed by atoms with van der Waals surface area (Å²) in [6, 6.07) is -0.0126. The summed E-state index contributed by atoms with van der Waals surface area (Å²) in [5.41, 5.74) is 0. The van der Waals surface area contributed by atoms with E-state index in [-0.39, 0.29) is 31.0 Å². The molecule has 1 amide bonds. The minimum atomic E-state index is -0.838. The van der Waals surface area contributed by atoms with Crippen molar-refractivity contribution in [2.24, 2.45) is 0 Å². The van der Waals surface area contributed by atoms with Crippen molar-refractivity contribution in [3.63, 3.8) is 0 Å². The zero-order valence-electron chi connectivity index (χ0n) is 10.5. The first kappa shape index (κ1) is 14.9. The van der Waals surface area contributed by atoms with E-state index in [1.165, 1.54) is 0 Å². The third-order valence-electron chi connectivity index (χ3n) is 2.30. The average Bonchev–Trinajstić information content (AvgIpc) is 2.11. The molecule has 0 saturated heterocycles.